The molecule has 0 aliphatic carbocycles. The van der Waals surface area contributed by atoms with Gasteiger partial charge in [0.2, 0.25) is 0 Å². The molecular formula is C34H38N4O9. The molecule has 4 N–H and O–H groups in total. The molecular weight excluding hydrogens is 608 g/mol. The van der Waals surface area contributed by atoms with Gasteiger partial charge in [0.15, 0.2) is 17.7 Å². The molecule has 13 heteroatoms. The average Bonchev–Trinajstić information content (AvgIpc) is 3.07. The van der Waals surface area contributed by atoms with Crippen LogP contribution in [0.5, 0.6) is 17.2 Å². The number of carbonyl (C=O) groups is 3. The first-order valence-electron chi connectivity index (χ1n) is 14.9. The first-order chi connectivity index (χ1) is 22.7. The first kappa shape index (κ1) is 34.3. The predicted molar refractivity (Wildman–Crippen MR) is 172 cm³/mol. The zero-order chi connectivity index (χ0) is 33.8. The Morgan fingerprint density at radius 3 is 2.38 bits per heavy atom. The van der Waals surface area contributed by atoms with E-state index in [4.69, 9.17) is 23.7 Å². The number of allylic oxidation sites excluding steroid dienone is 1. The minimum absolute atomic E-state index is 0.152. The third-order valence-electron chi connectivity index (χ3n) is 6.86. The Morgan fingerprint density at radius 2 is 1.70 bits per heavy atom. The predicted octanol–water partition coefficient (Wildman–Crippen LogP) is 3.96. The Labute approximate surface area is 272 Å². The Balaban J connectivity index is 1.29. The van der Waals surface area contributed by atoms with Gasteiger partial charge >= 0.3 is 18.0 Å². The van der Waals surface area contributed by atoms with Crippen LogP contribution in [0, 0.1) is 0 Å². The fourth-order valence-corrected chi connectivity index (χ4v) is 4.59. The average molecular weight is 647 g/mol. The number of ether oxygens (including phenoxy) is 5. The van der Waals surface area contributed by atoms with Crippen molar-refractivity contribution in [3.63, 3.8) is 0 Å². The fraction of sp³-hybridized carbons (Fsp3) is 0.294. The van der Waals surface area contributed by atoms with Gasteiger partial charge in [0.05, 0.1) is 43.7 Å². The number of urea groups is 1. The summed E-state index contributed by atoms with van der Waals surface area (Å²) in [5.74, 6) is 0.444. The molecule has 0 radical (unpaired) electrons. The monoisotopic (exact) mass is 646 g/mol. The maximum atomic E-state index is 12.4. The number of amides is 2. The Morgan fingerprint density at radius 1 is 0.957 bits per heavy atom. The molecule has 3 aromatic carbocycles. The summed E-state index contributed by atoms with van der Waals surface area (Å²) in [5.41, 5.74) is 6.02. The molecule has 1 aliphatic heterocycles. The number of esters is 2. The van der Waals surface area contributed by atoms with E-state index in [1.807, 2.05) is 31.2 Å². The Bertz CT molecular complexity index is 1600. The molecule has 2 amide bonds. The topological polar surface area (TPSA) is 166 Å². The molecule has 4 rings (SSSR count). The molecule has 0 fully saturated rings. The van der Waals surface area contributed by atoms with E-state index in [2.05, 4.69) is 21.2 Å². The normalized spacial score (nSPS) is 14.9. The number of aliphatic hydroxyl groups is 1. The number of benzene rings is 3. The summed E-state index contributed by atoms with van der Waals surface area (Å²) in [6, 6.07) is 18.1. The minimum atomic E-state index is -1.14. The molecule has 0 saturated carbocycles. The van der Waals surface area contributed by atoms with Crippen molar-refractivity contribution in [2.45, 2.75) is 39.6 Å². The highest BCUT2D eigenvalue weighted by molar-refractivity contribution is 5.95. The number of carbonyl (C=O) groups excluding carboxylic acids is 3. The van der Waals surface area contributed by atoms with Crippen LogP contribution in [0.25, 0.3) is 0 Å². The maximum absolute atomic E-state index is 12.4. The van der Waals surface area contributed by atoms with Gasteiger partial charge in [-0.25, -0.2) is 14.4 Å². The third-order valence-corrected chi connectivity index (χ3v) is 6.86. The second kappa shape index (κ2) is 16.7. The van der Waals surface area contributed by atoms with Crippen LogP contribution in [0.2, 0.25) is 0 Å². The van der Waals surface area contributed by atoms with Crippen molar-refractivity contribution in [3.8, 4) is 17.2 Å². The largest absolute Gasteiger partial charge is 0.490 e. The SMILES string of the molecule is CCOC(=O)c1ccc(COc2ccc(/C=N/N[C@H](O)COc3ccc([C@H]4NC(=O)NC(C)=C4C(=O)OC)cc3OCC)cc2)cc1. The molecule has 0 spiro atoms. The van der Waals surface area contributed by atoms with Crippen LogP contribution in [0.3, 0.4) is 0 Å². The second-order valence-corrected chi connectivity index (χ2v) is 10.2. The maximum Gasteiger partial charge on any atom is 0.338 e. The quantitative estimate of drug-likeness (QED) is 0.0822. The summed E-state index contributed by atoms with van der Waals surface area (Å²) in [6.45, 7) is 6.03. The number of nitrogens with zero attached hydrogens (tertiary/aromatic N) is 1. The highest BCUT2D eigenvalue weighted by atomic mass is 16.5. The summed E-state index contributed by atoms with van der Waals surface area (Å²) >= 11 is 0. The van der Waals surface area contributed by atoms with Crippen molar-refractivity contribution >= 4 is 24.2 Å². The molecule has 3 aromatic rings. The smallest absolute Gasteiger partial charge is 0.338 e. The zero-order valence-electron chi connectivity index (χ0n) is 26.6. The van der Waals surface area contributed by atoms with E-state index in [0.717, 1.165) is 11.1 Å². The van der Waals surface area contributed by atoms with Crippen LogP contribution in [0.15, 0.2) is 83.1 Å². The van der Waals surface area contributed by atoms with Crippen molar-refractivity contribution in [2.24, 2.45) is 5.10 Å². The van der Waals surface area contributed by atoms with Crippen molar-refractivity contribution in [1.29, 1.82) is 0 Å². The van der Waals surface area contributed by atoms with E-state index in [1.165, 1.54) is 7.11 Å². The number of rotatable bonds is 15. The molecule has 13 nitrogen and oxygen atoms in total. The van der Waals surface area contributed by atoms with E-state index in [-0.39, 0.29) is 18.1 Å². The van der Waals surface area contributed by atoms with Crippen LogP contribution >= 0.6 is 0 Å². The number of hydrazone groups is 1. The van der Waals surface area contributed by atoms with E-state index in [0.29, 0.717) is 53.9 Å². The van der Waals surface area contributed by atoms with Gasteiger partial charge in [-0.1, -0.05) is 18.2 Å². The van der Waals surface area contributed by atoms with Gasteiger partial charge in [-0.15, -0.1) is 0 Å². The number of hydrogen-bond donors (Lipinski definition) is 4. The third kappa shape index (κ3) is 9.47. The van der Waals surface area contributed by atoms with Crippen molar-refractivity contribution in [1.82, 2.24) is 16.1 Å². The molecule has 2 atom stereocenters. The number of nitrogens with one attached hydrogen (secondary N) is 3. The summed E-state index contributed by atoms with van der Waals surface area (Å²) < 4.78 is 27.3. The van der Waals surface area contributed by atoms with Gasteiger partial charge in [-0.3, -0.25) is 5.43 Å². The highest BCUT2D eigenvalue weighted by Gasteiger charge is 2.32. The lowest BCUT2D eigenvalue weighted by molar-refractivity contribution is -0.136. The number of methoxy groups -OCH3 is 1. The molecule has 0 saturated heterocycles. The van der Waals surface area contributed by atoms with Gasteiger partial charge in [-0.2, -0.15) is 5.10 Å². The van der Waals surface area contributed by atoms with Gasteiger partial charge in [0, 0.05) is 5.70 Å². The van der Waals surface area contributed by atoms with Crippen molar-refractivity contribution in [2.75, 3.05) is 26.9 Å². The van der Waals surface area contributed by atoms with Crippen LogP contribution in [0.1, 0.15) is 53.9 Å². The summed E-state index contributed by atoms with van der Waals surface area (Å²) in [4.78, 5) is 36.4. The highest BCUT2D eigenvalue weighted by Crippen LogP contribution is 2.35. The van der Waals surface area contributed by atoms with Gasteiger partial charge in [0.1, 0.15) is 19.0 Å². The lowest BCUT2D eigenvalue weighted by atomic mass is 9.95. The molecule has 248 valence electrons. The lowest BCUT2D eigenvalue weighted by Gasteiger charge is -2.28. The summed E-state index contributed by atoms with van der Waals surface area (Å²) in [6.07, 6.45) is 0.405. The van der Waals surface area contributed by atoms with Crippen LogP contribution in [-0.4, -0.2) is 62.4 Å². The fourth-order valence-electron chi connectivity index (χ4n) is 4.59. The molecule has 47 heavy (non-hydrogen) atoms. The van der Waals surface area contributed by atoms with Crippen LogP contribution in [0.4, 0.5) is 4.79 Å². The number of aliphatic hydroxyl groups excluding tert-OH is 1. The van der Waals surface area contributed by atoms with Gasteiger partial charge in [-0.05, 0) is 86.0 Å². The van der Waals surface area contributed by atoms with E-state index >= 15 is 0 Å². The standard InChI is InChI=1S/C34H38N4O9/c1-5-44-28-17-25(31-30(33(41)43-4)21(3)36-34(42)37-31)13-16-27(28)47-20-29(39)38-35-18-22-9-14-26(15-10-22)46-19-23-7-11-24(12-8-23)32(40)45-6-2/h7-18,29,31,38-39H,5-6,19-20H2,1-4H3,(H2,36,37,42)/b35-18+/t29-,31-/m1/s1. The van der Waals surface area contributed by atoms with Crippen LogP contribution in [-0.2, 0) is 20.9 Å². The summed E-state index contributed by atoms with van der Waals surface area (Å²) in [5, 5.41) is 19.8. The van der Waals surface area contributed by atoms with Crippen LogP contribution < -0.4 is 30.3 Å². The Kier molecular flexibility index (Phi) is 12.2. The van der Waals surface area contributed by atoms with E-state index in [9.17, 15) is 19.5 Å². The van der Waals surface area contributed by atoms with Crippen molar-refractivity contribution in [3.05, 3.63) is 100 Å². The zero-order valence-corrected chi connectivity index (χ0v) is 26.6. The molecule has 0 bridgehead atoms. The van der Waals surface area contributed by atoms with Crippen molar-refractivity contribution < 1.29 is 43.2 Å². The molecule has 1 heterocycles. The van der Waals surface area contributed by atoms with E-state index < -0.39 is 24.3 Å². The van der Waals surface area contributed by atoms with Gasteiger partial charge < -0.3 is 39.4 Å². The minimum Gasteiger partial charge on any atom is -0.490 e. The van der Waals surface area contributed by atoms with E-state index in [1.54, 1.807) is 62.5 Å². The summed E-state index contributed by atoms with van der Waals surface area (Å²) in [7, 11) is 1.27. The molecule has 0 aromatic heterocycles. The lowest BCUT2D eigenvalue weighted by Crippen LogP contribution is -2.45. The second-order valence-electron chi connectivity index (χ2n) is 10.2. The Hall–Kier alpha value is -5.56. The molecule has 0 unspecified atom stereocenters. The van der Waals surface area contributed by atoms with Gasteiger partial charge in [0.25, 0.3) is 0 Å². The number of hydrogen-bond acceptors (Lipinski definition) is 11. The first-order valence-corrected chi connectivity index (χ1v) is 14.9. The molecule has 1 aliphatic rings.